The van der Waals surface area contributed by atoms with E-state index >= 15 is 0 Å². The topological polar surface area (TPSA) is 38.0 Å². The van der Waals surface area contributed by atoms with Crippen LogP contribution in [-0.4, -0.2) is 20.1 Å². The van der Waals surface area contributed by atoms with Gasteiger partial charge in [0.15, 0.2) is 0 Å². The van der Waals surface area contributed by atoms with Crippen molar-refractivity contribution in [2.24, 2.45) is 5.73 Å². The van der Waals surface area contributed by atoms with Gasteiger partial charge in [0.05, 0.1) is 0 Å². The van der Waals surface area contributed by atoms with Gasteiger partial charge < -0.3 is 11.1 Å². The molecule has 0 aliphatic rings. The van der Waals surface area contributed by atoms with Crippen molar-refractivity contribution >= 4 is 0 Å². The predicted molar refractivity (Wildman–Crippen MR) is 43.2 cm³/mol. The third-order valence-electron chi connectivity index (χ3n) is 0.631. The molecule has 0 aromatic carbocycles. The molecule has 2 nitrogen and oxygen atoms in total. The summed E-state index contributed by atoms with van der Waals surface area (Å²) in [5.41, 5.74) is 5.17. The second-order valence-corrected chi connectivity index (χ2v) is 1.25. The summed E-state index contributed by atoms with van der Waals surface area (Å²) in [6.07, 6.45) is 1.08. The van der Waals surface area contributed by atoms with Crippen molar-refractivity contribution in [2.45, 2.75) is 20.3 Å². The summed E-state index contributed by atoms with van der Waals surface area (Å²) >= 11 is 0. The molecule has 0 aromatic heterocycles. The molecule has 0 amide bonds. The minimum Gasteiger partial charge on any atom is -0.330 e. The van der Waals surface area contributed by atoms with Gasteiger partial charge in [0, 0.05) is 2.85 Å². The molecule has 2 heteroatoms. The van der Waals surface area contributed by atoms with E-state index in [1.54, 1.807) is 0 Å². The quantitative estimate of drug-likeness (QED) is 0.550. The maximum atomic E-state index is 5.17. The molecule has 3 N–H and O–H groups in total. The molecule has 0 bridgehead atoms. The maximum Gasteiger partial charge on any atom is 0 e. The molecule has 0 rings (SSSR count). The molecule has 0 aromatic rings. The molecular weight excluding hydrogens is 100 g/mol. The lowest BCUT2D eigenvalue weighted by Gasteiger charge is -1.90. The lowest BCUT2D eigenvalue weighted by atomic mass is 10.4. The average molecular weight is 122 g/mol. The molecule has 0 fully saturated rings. The zero-order valence-corrected chi connectivity index (χ0v) is 6.20. The fourth-order valence-electron chi connectivity index (χ4n) is 0.279. The van der Waals surface area contributed by atoms with Crippen LogP contribution in [0.5, 0.6) is 0 Å². The van der Waals surface area contributed by atoms with Crippen molar-refractivity contribution in [3.8, 4) is 0 Å². The van der Waals surface area contributed by atoms with Gasteiger partial charge in [-0.25, -0.2) is 0 Å². The van der Waals surface area contributed by atoms with Crippen LogP contribution < -0.4 is 11.1 Å². The van der Waals surface area contributed by atoms with Gasteiger partial charge in [0.2, 0.25) is 0 Å². The van der Waals surface area contributed by atoms with Crippen molar-refractivity contribution in [2.75, 3.05) is 20.1 Å². The normalized spacial score (nSPS) is 7.50. The molecule has 0 spiro atoms. The Kier molecular flexibility index (Phi) is 21.3. The number of hydrogen-bond acceptors (Lipinski definition) is 2. The predicted octanol–water partition coefficient (Wildman–Crippen LogP) is 1.07. The van der Waals surface area contributed by atoms with Gasteiger partial charge in [-0.2, -0.15) is 0 Å². The first-order valence-electron chi connectivity index (χ1n) is 3.26. The third kappa shape index (κ3) is 16.8. The molecule has 0 saturated heterocycles. The molecule has 0 saturated carbocycles. The lowest BCUT2D eigenvalue weighted by molar-refractivity contribution is 0.733. The van der Waals surface area contributed by atoms with Crippen LogP contribution in [0.15, 0.2) is 0 Å². The Morgan fingerprint density at radius 2 is 2.00 bits per heavy atom. The molecule has 0 unspecified atom stereocenters. The van der Waals surface area contributed by atoms with Crippen LogP contribution in [0.1, 0.15) is 23.1 Å². The third-order valence-corrected chi connectivity index (χ3v) is 0.631. The summed E-state index contributed by atoms with van der Waals surface area (Å²) in [5, 5.41) is 2.99. The highest BCUT2D eigenvalue weighted by Crippen LogP contribution is 1.63. The summed E-state index contributed by atoms with van der Waals surface area (Å²) in [6, 6.07) is 0. The summed E-state index contributed by atoms with van der Waals surface area (Å²) in [4.78, 5) is 0. The van der Waals surface area contributed by atoms with Gasteiger partial charge in [0.1, 0.15) is 0 Å². The largest absolute Gasteiger partial charge is 0.330 e. The smallest absolute Gasteiger partial charge is 0 e. The molecule has 0 radical (unpaired) electrons. The molecular formula is C6H22N2. The highest BCUT2D eigenvalue weighted by atomic mass is 14.8. The van der Waals surface area contributed by atoms with E-state index in [1.807, 2.05) is 20.9 Å². The monoisotopic (exact) mass is 122 g/mol. The van der Waals surface area contributed by atoms with E-state index in [0.29, 0.717) is 0 Å². The van der Waals surface area contributed by atoms with Gasteiger partial charge in [-0.1, -0.05) is 13.8 Å². The lowest BCUT2D eigenvalue weighted by Crippen LogP contribution is -2.12. The Hall–Kier alpha value is -0.0800. The van der Waals surface area contributed by atoms with Gasteiger partial charge in [-0.3, -0.25) is 0 Å². The minimum atomic E-state index is 0. The molecule has 0 aliphatic heterocycles. The van der Waals surface area contributed by atoms with Crippen LogP contribution in [0, 0.1) is 0 Å². The van der Waals surface area contributed by atoms with Crippen molar-refractivity contribution in [1.29, 1.82) is 0 Å². The molecule has 0 atom stereocenters. The van der Waals surface area contributed by atoms with Crippen molar-refractivity contribution in [3.63, 3.8) is 0 Å². The van der Waals surface area contributed by atoms with Crippen molar-refractivity contribution in [3.05, 3.63) is 0 Å². The Balaban J connectivity index is -0.0000000412. The second-order valence-electron chi connectivity index (χ2n) is 1.25. The first-order chi connectivity index (χ1) is 3.91. The van der Waals surface area contributed by atoms with Crippen LogP contribution in [0.2, 0.25) is 0 Å². The highest BCUT2D eigenvalue weighted by Gasteiger charge is 1.73. The highest BCUT2D eigenvalue weighted by molar-refractivity contribution is 4.38. The maximum absolute atomic E-state index is 5.17. The van der Waals surface area contributed by atoms with E-state index < -0.39 is 0 Å². The van der Waals surface area contributed by atoms with Gasteiger partial charge in [-0.05, 0) is 26.6 Å². The summed E-state index contributed by atoms with van der Waals surface area (Å²) in [7, 11) is 1.93. The number of nitrogens with one attached hydrogen (secondary N) is 1. The van der Waals surface area contributed by atoms with E-state index in [2.05, 4.69) is 5.32 Å². The van der Waals surface area contributed by atoms with Crippen LogP contribution in [0.3, 0.4) is 0 Å². The Bertz CT molecular complexity index is 25.7. The van der Waals surface area contributed by atoms with Gasteiger partial charge in [-0.15, -0.1) is 0 Å². The SMILES string of the molecule is CC.CNCCCN.[HH].[HH]. The molecule has 0 heterocycles. The molecule has 0 aliphatic carbocycles. The average Bonchev–Trinajstić information content (AvgIpc) is 1.88. The van der Waals surface area contributed by atoms with Crippen LogP contribution in [0.25, 0.3) is 0 Å². The van der Waals surface area contributed by atoms with E-state index in [0.717, 1.165) is 19.5 Å². The van der Waals surface area contributed by atoms with Crippen LogP contribution >= 0.6 is 0 Å². The molecule has 56 valence electrons. The van der Waals surface area contributed by atoms with Gasteiger partial charge in [0.25, 0.3) is 0 Å². The standard InChI is InChI=1S/C4H12N2.C2H6.2H2/c1-6-4-2-3-5;1-2;;/h6H,2-5H2,1H3;1-2H3;2*1H. The van der Waals surface area contributed by atoms with E-state index in [-0.39, 0.29) is 2.85 Å². The van der Waals surface area contributed by atoms with Crippen molar-refractivity contribution < 1.29 is 2.85 Å². The fraction of sp³-hybridized carbons (Fsp3) is 1.00. The van der Waals surface area contributed by atoms with E-state index in [4.69, 9.17) is 5.73 Å². The number of rotatable bonds is 3. The summed E-state index contributed by atoms with van der Waals surface area (Å²) in [5.74, 6) is 0. The van der Waals surface area contributed by atoms with Crippen LogP contribution in [-0.2, 0) is 0 Å². The first-order valence-corrected chi connectivity index (χ1v) is 3.26. The molecule has 8 heavy (non-hydrogen) atoms. The number of hydrogen-bond donors (Lipinski definition) is 2. The van der Waals surface area contributed by atoms with E-state index in [1.165, 1.54) is 0 Å². The summed E-state index contributed by atoms with van der Waals surface area (Å²) < 4.78 is 0. The second kappa shape index (κ2) is 15.8. The fourth-order valence-corrected chi connectivity index (χ4v) is 0.279. The van der Waals surface area contributed by atoms with Crippen molar-refractivity contribution in [1.82, 2.24) is 5.32 Å². The Morgan fingerprint density at radius 3 is 2.12 bits per heavy atom. The van der Waals surface area contributed by atoms with E-state index in [9.17, 15) is 0 Å². The Labute approximate surface area is 55.4 Å². The van der Waals surface area contributed by atoms with Crippen LogP contribution in [0.4, 0.5) is 0 Å². The first kappa shape index (κ1) is 10.8. The summed E-state index contributed by atoms with van der Waals surface area (Å²) in [6.45, 7) is 5.83. The van der Waals surface area contributed by atoms with Gasteiger partial charge >= 0.3 is 0 Å². The Morgan fingerprint density at radius 1 is 1.50 bits per heavy atom. The zero-order valence-electron chi connectivity index (χ0n) is 6.20. The number of nitrogens with two attached hydrogens (primary N) is 1. The minimum absolute atomic E-state index is 0. The zero-order chi connectivity index (χ0) is 6.83.